The summed E-state index contributed by atoms with van der Waals surface area (Å²) in [4.78, 5) is 24.6. The van der Waals surface area contributed by atoms with Crippen LogP contribution in [-0.4, -0.2) is 96.1 Å². The monoisotopic (exact) mass is 520 g/mol. The summed E-state index contributed by atoms with van der Waals surface area (Å²) in [6.45, 7) is 4.11. The van der Waals surface area contributed by atoms with Crippen molar-refractivity contribution in [2.24, 2.45) is 0 Å². The molecule has 0 unspecified atom stereocenters. The summed E-state index contributed by atoms with van der Waals surface area (Å²) in [5.41, 5.74) is 0.980. The van der Waals surface area contributed by atoms with Gasteiger partial charge >= 0.3 is 24.3 Å². The van der Waals surface area contributed by atoms with Crippen molar-refractivity contribution in [2.75, 3.05) is 33.4 Å². The van der Waals surface area contributed by atoms with Gasteiger partial charge in [0.25, 0.3) is 0 Å². The molecule has 0 spiro atoms. The second-order valence-electron chi connectivity index (χ2n) is 7.29. The number of methoxy groups -OCH3 is 1. The summed E-state index contributed by atoms with van der Waals surface area (Å²) in [5.74, 6) is -5.51. The lowest BCUT2D eigenvalue weighted by molar-refractivity contribution is -0.193. The number of carboxylic acid groups (broad SMARTS) is 2. The van der Waals surface area contributed by atoms with Crippen molar-refractivity contribution < 1.29 is 60.4 Å². The van der Waals surface area contributed by atoms with E-state index in [0.717, 1.165) is 44.8 Å². The molecule has 2 N–H and O–H groups in total. The maximum absolute atomic E-state index is 10.6. The lowest BCUT2D eigenvalue weighted by atomic mass is 10.1. The smallest absolute Gasteiger partial charge is 0.475 e. The number of carboxylic acids is 2. The van der Waals surface area contributed by atoms with E-state index in [9.17, 15) is 26.3 Å². The Hall–Kier alpha value is -2.49. The van der Waals surface area contributed by atoms with Crippen LogP contribution >= 0.6 is 0 Å². The van der Waals surface area contributed by atoms with Gasteiger partial charge in [-0.2, -0.15) is 26.3 Å². The first-order valence-corrected chi connectivity index (χ1v) is 10.2. The molecule has 3 atom stereocenters. The number of morpholine rings is 1. The van der Waals surface area contributed by atoms with E-state index in [0.29, 0.717) is 12.6 Å². The van der Waals surface area contributed by atoms with Crippen molar-refractivity contribution in [1.82, 2.24) is 9.88 Å². The number of halogens is 6. The molecule has 1 aromatic heterocycles. The van der Waals surface area contributed by atoms with Gasteiger partial charge in [0.2, 0.25) is 0 Å². The Kier molecular flexibility index (Phi) is 12.4. The first-order valence-electron chi connectivity index (χ1n) is 10.2. The largest absolute Gasteiger partial charge is 0.490 e. The Bertz CT molecular complexity index is 755. The van der Waals surface area contributed by atoms with Gasteiger partial charge in [0.15, 0.2) is 0 Å². The van der Waals surface area contributed by atoms with E-state index in [-0.39, 0.29) is 12.2 Å². The Morgan fingerprint density at radius 1 is 1.11 bits per heavy atom. The molecule has 0 amide bonds. The Morgan fingerprint density at radius 3 is 2.20 bits per heavy atom. The minimum absolute atomic E-state index is 0.183. The average Bonchev–Trinajstić information content (AvgIpc) is 3.20. The Labute approximate surface area is 196 Å². The summed E-state index contributed by atoms with van der Waals surface area (Å²) in [6, 6.07) is 6.39. The molecule has 3 rings (SSSR count). The van der Waals surface area contributed by atoms with Crippen LogP contribution in [-0.2, 0) is 30.4 Å². The second-order valence-corrected chi connectivity index (χ2v) is 7.29. The van der Waals surface area contributed by atoms with Gasteiger partial charge in [-0.05, 0) is 25.0 Å². The topological polar surface area (TPSA) is 118 Å². The molecule has 9 nitrogen and oxygen atoms in total. The van der Waals surface area contributed by atoms with Crippen molar-refractivity contribution in [1.29, 1.82) is 0 Å². The lowest BCUT2D eigenvalue weighted by Gasteiger charge is -2.38. The Balaban J connectivity index is 0.000000362. The number of alkyl halides is 6. The highest BCUT2D eigenvalue weighted by atomic mass is 19.4. The van der Waals surface area contributed by atoms with Crippen molar-refractivity contribution in [2.45, 2.75) is 50.1 Å². The van der Waals surface area contributed by atoms with Gasteiger partial charge in [-0.25, -0.2) is 9.59 Å². The fourth-order valence-corrected chi connectivity index (χ4v) is 3.33. The van der Waals surface area contributed by atoms with Crippen LogP contribution in [0.4, 0.5) is 26.3 Å². The molecule has 1 aliphatic heterocycles. The zero-order valence-corrected chi connectivity index (χ0v) is 18.6. The third-order valence-corrected chi connectivity index (χ3v) is 4.89. The summed E-state index contributed by atoms with van der Waals surface area (Å²) in [7, 11) is 1.76. The number of pyridine rings is 1. The van der Waals surface area contributed by atoms with Crippen molar-refractivity contribution in [3.8, 4) is 0 Å². The average molecular weight is 520 g/mol. The maximum atomic E-state index is 10.6. The number of hydrogen-bond donors (Lipinski definition) is 2. The summed E-state index contributed by atoms with van der Waals surface area (Å²) < 4.78 is 80.7. The first-order chi connectivity index (χ1) is 16.3. The quantitative estimate of drug-likeness (QED) is 0.546. The van der Waals surface area contributed by atoms with Crippen LogP contribution in [0.5, 0.6) is 0 Å². The highest BCUT2D eigenvalue weighted by Crippen LogP contribution is 2.32. The van der Waals surface area contributed by atoms with Gasteiger partial charge in [-0.1, -0.05) is 6.07 Å². The molecular weight excluding hydrogens is 494 g/mol. The van der Waals surface area contributed by atoms with Gasteiger partial charge in [0, 0.05) is 32.4 Å². The predicted octanol–water partition coefficient (Wildman–Crippen LogP) is 2.74. The van der Waals surface area contributed by atoms with Gasteiger partial charge in [0.05, 0.1) is 37.7 Å². The van der Waals surface area contributed by atoms with E-state index < -0.39 is 24.3 Å². The summed E-state index contributed by atoms with van der Waals surface area (Å²) >= 11 is 0. The number of aromatic nitrogens is 1. The number of nitrogens with zero attached hydrogens (tertiary/aromatic N) is 2. The molecule has 0 aromatic carbocycles. The van der Waals surface area contributed by atoms with E-state index >= 15 is 0 Å². The molecule has 0 bridgehead atoms. The predicted molar refractivity (Wildman–Crippen MR) is 106 cm³/mol. The van der Waals surface area contributed by atoms with E-state index in [1.807, 2.05) is 18.2 Å². The first kappa shape index (κ1) is 30.5. The Morgan fingerprint density at radius 2 is 1.71 bits per heavy atom. The third kappa shape index (κ3) is 11.2. The molecule has 1 saturated carbocycles. The van der Waals surface area contributed by atoms with Gasteiger partial charge < -0.3 is 24.4 Å². The second kappa shape index (κ2) is 14.2. The number of aliphatic carboxylic acids is 2. The molecule has 2 aliphatic rings. The van der Waals surface area contributed by atoms with Crippen molar-refractivity contribution >= 4 is 11.9 Å². The normalized spacial score (nSPS) is 22.2. The van der Waals surface area contributed by atoms with Crippen LogP contribution in [0, 0.1) is 0 Å². The molecule has 2 fully saturated rings. The van der Waals surface area contributed by atoms with Crippen LogP contribution in [0.1, 0.15) is 18.5 Å². The lowest BCUT2D eigenvalue weighted by Crippen LogP contribution is -2.52. The van der Waals surface area contributed by atoms with E-state index in [1.165, 1.54) is 0 Å². The van der Waals surface area contributed by atoms with Crippen molar-refractivity contribution in [3.63, 3.8) is 0 Å². The molecule has 200 valence electrons. The number of rotatable bonds is 6. The highest BCUT2D eigenvalue weighted by molar-refractivity contribution is 5.73. The van der Waals surface area contributed by atoms with Crippen LogP contribution < -0.4 is 0 Å². The van der Waals surface area contributed by atoms with Gasteiger partial charge in [-0.3, -0.25) is 9.88 Å². The molecule has 0 radical (unpaired) electrons. The zero-order valence-electron chi connectivity index (χ0n) is 18.6. The molecule has 35 heavy (non-hydrogen) atoms. The molecule has 1 aromatic rings. The van der Waals surface area contributed by atoms with E-state index in [2.05, 4.69) is 9.88 Å². The van der Waals surface area contributed by atoms with Crippen molar-refractivity contribution in [3.05, 3.63) is 30.1 Å². The third-order valence-electron chi connectivity index (χ3n) is 4.89. The maximum Gasteiger partial charge on any atom is 0.490 e. The minimum atomic E-state index is -5.08. The molecular formula is C20H26F6N2O7. The standard InChI is InChI=1S/C16H24N2O3.2C2HF3O2/c1-19-10-8-18-9-11-20-16-14(18)5-6-15(16)21-12-13-4-2-3-7-17-13;2*3-2(4,5)1(6)7/h2-4,7,14-16H,5-6,8-12H2,1H3;2*(H,6,7)/t14-,15+,16+;;/m0../s1. The number of carbonyl (C=O) groups is 2. The van der Waals surface area contributed by atoms with E-state index in [4.69, 9.17) is 34.0 Å². The summed E-state index contributed by atoms with van der Waals surface area (Å²) in [6.07, 6.45) is -5.78. The fraction of sp³-hybridized carbons (Fsp3) is 0.650. The molecule has 1 saturated heterocycles. The van der Waals surface area contributed by atoms with E-state index in [1.54, 1.807) is 13.3 Å². The zero-order chi connectivity index (χ0) is 26.6. The van der Waals surface area contributed by atoms with Crippen LogP contribution in [0.2, 0.25) is 0 Å². The van der Waals surface area contributed by atoms with Crippen LogP contribution in [0.25, 0.3) is 0 Å². The highest BCUT2D eigenvalue weighted by Gasteiger charge is 2.43. The number of fused-ring (bicyclic) bond motifs is 1. The molecule has 1 aliphatic carbocycles. The SMILES string of the molecule is COCCN1CCO[C@H]2[C@H](OCc3ccccn3)CC[C@@H]21.O=C(O)C(F)(F)F.O=C(O)C(F)(F)F. The van der Waals surface area contributed by atoms with Gasteiger partial charge in [-0.15, -0.1) is 0 Å². The summed E-state index contributed by atoms with van der Waals surface area (Å²) in [5, 5.41) is 14.2. The van der Waals surface area contributed by atoms with Crippen LogP contribution in [0.15, 0.2) is 24.4 Å². The number of ether oxygens (including phenoxy) is 3. The fourth-order valence-electron chi connectivity index (χ4n) is 3.33. The van der Waals surface area contributed by atoms with Crippen LogP contribution in [0.3, 0.4) is 0 Å². The van der Waals surface area contributed by atoms with Gasteiger partial charge in [0.1, 0.15) is 0 Å². The number of hydrogen-bond acceptors (Lipinski definition) is 7. The molecule has 15 heteroatoms. The minimum Gasteiger partial charge on any atom is -0.475 e. The molecule has 2 heterocycles.